The summed E-state index contributed by atoms with van der Waals surface area (Å²) in [5, 5.41) is 6.93. The molecule has 1 aromatic carbocycles. The van der Waals surface area contributed by atoms with Gasteiger partial charge >= 0.3 is 5.97 Å². The molecule has 0 unspecified atom stereocenters. The first-order valence-corrected chi connectivity index (χ1v) is 6.10. The van der Waals surface area contributed by atoms with Crippen LogP contribution in [0.2, 0.25) is 5.02 Å². The van der Waals surface area contributed by atoms with Crippen LogP contribution in [0.5, 0.6) is 0 Å². The SMILES string of the molecule is CCOC(=O)c1n[nH]c([C@H](N)c2ccccc2Cl)n1. The lowest BCUT2D eigenvalue weighted by Gasteiger charge is -2.09. The molecule has 1 atom stereocenters. The fourth-order valence-corrected chi connectivity index (χ4v) is 1.83. The van der Waals surface area contributed by atoms with E-state index in [0.29, 0.717) is 16.4 Å². The van der Waals surface area contributed by atoms with Crippen LogP contribution in [0.15, 0.2) is 24.3 Å². The van der Waals surface area contributed by atoms with Crippen LogP contribution in [-0.2, 0) is 4.74 Å². The molecular weight excluding hydrogens is 268 g/mol. The Balaban J connectivity index is 2.23. The first kappa shape index (κ1) is 13.5. The average Bonchev–Trinajstić information content (AvgIpc) is 2.88. The lowest BCUT2D eigenvalue weighted by atomic mass is 10.1. The minimum atomic E-state index is -0.587. The highest BCUT2D eigenvalue weighted by Gasteiger charge is 2.19. The quantitative estimate of drug-likeness (QED) is 0.831. The van der Waals surface area contributed by atoms with Crippen LogP contribution in [0.4, 0.5) is 0 Å². The number of nitrogens with one attached hydrogen (secondary N) is 1. The summed E-state index contributed by atoms with van der Waals surface area (Å²) in [6.07, 6.45) is 0. The number of hydrogen-bond acceptors (Lipinski definition) is 5. The minimum absolute atomic E-state index is 0.0423. The van der Waals surface area contributed by atoms with Crippen LogP contribution in [-0.4, -0.2) is 27.8 Å². The van der Waals surface area contributed by atoms with Gasteiger partial charge in [-0.25, -0.2) is 9.78 Å². The number of esters is 1. The van der Waals surface area contributed by atoms with Crippen LogP contribution >= 0.6 is 11.6 Å². The molecule has 1 heterocycles. The molecule has 3 N–H and O–H groups in total. The summed E-state index contributed by atoms with van der Waals surface area (Å²) in [5.74, 6) is -0.271. The topological polar surface area (TPSA) is 93.9 Å². The number of nitrogens with two attached hydrogens (primary N) is 1. The highest BCUT2D eigenvalue weighted by atomic mass is 35.5. The Hall–Kier alpha value is -1.92. The van der Waals surface area contributed by atoms with E-state index in [1.165, 1.54) is 0 Å². The fraction of sp³-hybridized carbons (Fsp3) is 0.250. The van der Waals surface area contributed by atoms with Gasteiger partial charge in [-0.05, 0) is 18.6 Å². The molecule has 0 saturated carbocycles. The molecule has 0 aliphatic carbocycles. The number of benzene rings is 1. The Labute approximate surface area is 114 Å². The molecule has 0 aliphatic heterocycles. The van der Waals surface area contributed by atoms with Crippen LogP contribution in [0.3, 0.4) is 0 Å². The molecule has 2 rings (SSSR count). The number of aromatic nitrogens is 3. The molecule has 0 bridgehead atoms. The molecule has 0 amide bonds. The van der Waals surface area contributed by atoms with Gasteiger partial charge in [0.1, 0.15) is 5.82 Å². The smallest absolute Gasteiger partial charge is 0.378 e. The predicted octanol–water partition coefficient (Wildman–Crippen LogP) is 1.68. The second-order valence-electron chi connectivity index (χ2n) is 3.76. The first-order chi connectivity index (χ1) is 9.13. The van der Waals surface area contributed by atoms with E-state index >= 15 is 0 Å². The molecule has 0 spiro atoms. The molecule has 100 valence electrons. The summed E-state index contributed by atoms with van der Waals surface area (Å²) in [5.41, 5.74) is 6.74. The van der Waals surface area contributed by atoms with Gasteiger partial charge in [-0.1, -0.05) is 29.8 Å². The highest BCUT2D eigenvalue weighted by Crippen LogP contribution is 2.24. The minimum Gasteiger partial charge on any atom is -0.460 e. The lowest BCUT2D eigenvalue weighted by Crippen LogP contribution is -2.14. The van der Waals surface area contributed by atoms with Crippen molar-refractivity contribution in [1.82, 2.24) is 15.2 Å². The summed E-state index contributed by atoms with van der Waals surface area (Å²) in [6, 6.07) is 6.58. The van der Waals surface area contributed by atoms with Gasteiger partial charge < -0.3 is 10.5 Å². The monoisotopic (exact) mass is 280 g/mol. The van der Waals surface area contributed by atoms with Gasteiger partial charge in [-0.2, -0.15) is 0 Å². The van der Waals surface area contributed by atoms with E-state index in [4.69, 9.17) is 22.1 Å². The Morgan fingerprint density at radius 1 is 1.53 bits per heavy atom. The zero-order valence-corrected chi connectivity index (χ0v) is 11.0. The van der Waals surface area contributed by atoms with Crippen molar-refractivity contribution in [3.05, 3.63) is 46.5 Å². The van der Waals surface area contributed by atoms with E-state index in [1.807, 2.05) is 12.1 Å². The number of nitrogens with zero attached hydrogens (tertiary/aromatic N) is 2. The number of H-pyrrole nitrogens is 1. The molecule has 1 aromatic heterocycles. The summed E-state index contributed by atoms with van der Waals surface area (Å²) < 4.78 is 4.80. The van der Waals surface area contributed by atoms with Gasteiger partial charge in [0.25, 0.3) is 5.82 Å². The van der Waals surface area contributed by atoms with Gasteiger partial charge in [0.15, 0.2) is 0 Å². The van der Waals surface area contributed by atoms with Crippen molar-refractivity contribution in [1.29, 1.82) is 0 Å². The van der Waals surface area contributed by atoms with Crippen LogP contribution in [0, 0.1) is 0 Å². The zero-order chi connectivity index (χ0) is 13.8. The fourth-order valence-electron chi connectivity index (χ4n) is 1.57. The summed E-state index contributed by atoms with van der Waals surface area (Å²) in [7, 11) is 0. The Morgan fingerprint density at radius 3 is 2.95 bits per heavy atom. The van der Waals surface area contributed by atoms with Gasteiger partial charge in [0.05, 0.1) is 12.6 Å². The maximum atomic E-state index is 11.4. The van der Waals surface area contributed by atoms with Crippen molar-refractivity contribution >= 4 is 17.6 Å². The molecule has 2 aromatic rings. The number of hydrogen-bond donors (Lipinski definition) is 2. The second kappa shape index (κ2) is 5.81. The van der Waals surface area contributed by atoms with Crippen molar-refractivity contribution in [2.45, 2.75) is 13.0 Å². The first-order valence-electron chi connectivity index (χ1n) is 5.73. The van der Waals surface area contributed by atoms with E-state index in [2.05, 4.69) is 15.2 Å². The third kappa shape index (κ3) is 2.91. The van der Waals surface area contributed by atoms with Crippen LogP contribution in [0.1, 0.15) is 35.0 Å². The van der Waals surface area contributed by atoms with E-state index in [0.717, 1.165) is 0 Å². The van der Waals surface area contributed by atoms with Crippen molar-refractivity contribution in [2.75, 3.05) is 6.61 Å². The molecular formula is C12H13ClN4O2. The van der Waals surface area contributed by atoms with Crippen molar-refractivity contribution < 1.29 is 9.53 Å². The Kier molecular flexibility index (Phi) is 4.13. The third-order valence-corrected chi connectivity index (χ3v) is 2.84. The number of ether oxygens (including phenoxy) is 1. The lowest BCUT2D eigenvalue weighted by molar-refractivity contribution is 0.0512. The highest BCUT2D eigenvalue weighted by molar-refractivity contribution is 6.31. The molecule has 19 heavy (non-hydrogen) atoms. The van der Waals surface area contributed by atoms with Gasteiger partial charge in [-0.15, -0.1) is 5.10 Å². The average molecular weight is 281 g/mol. The van der Waals surface area contributed by atoms with E-state index in [-0.39, 0.29) is 12.4 Å². The van der Waals surface area contributed by atoms with E-state index in [1.54, 1.807) is 19.1 Å². The number of aromatic amines is 1. The van der Waals surface area contributed by atoms with E-state index < -0.39 is 12.0 Å². The zero-order valence-electron chi connectivity index (χ0n) is 10.3. The maximum Gasteiger partial charge on any atom is 0.378 e. The van der Waals surface area contributed by atoms with Crippen molar-refractivity contribution in [3.63, 3.8) is 0 Å². The van der Waals surface area contributed by atoms with Gasteiger partial charge in [0.2, 0.25) is 0 Å². The number of carbonyl (C=O) groups is 1. The van der Waals surface area contributed by atoms with Gasteiger partial charge in [0, 0.05) is 5.02 Å². The largest absolute Gasteiger partial charge is 0.460 e. The molecule has 0 radical (unpaired) electrons. The number of halogens is 1. The van der Waals surface area contributed by atoms with E-state index in [9.17, 15) is 4.79 Å². The van der Waals surface area contributed by atoms with Crippen LogP contribution in [0.25, 0.3) is 0 Å². The Morgan fingerprint density at radius 2 is 2.26 bits per heavy atom. The molecule has 7 heteroatoms. The summed E-state index contributed by atoms with van der Waals surface area (Å²) >= 11 is 6.05. The third-order valence-electron chi connectivity index (χ3n) is 2.50. The van der Waals surface area contributed by atoms with Crippen molar-refractivity contribution in [3.8, 4) is 0 Å². The predicted molar refractivity (Wildman–Crippen MR) is 69.8 cm³/mol. The molecule has 0 saturated heterocycles. The standard InChI is InChI=1S/C12H13ClN4O2/c1-2-19-12(18)11-15-10(16-17-11)9(14)7-5-3-4-6-8(7)13/h3-6,9H,2,14H2,1H3,(H,15,16,17)/t9-/m1/s1. The number of carbonyl (C=O) groups excluding carboxylic acids is 1. The van der Waals surface area contributed by atoms with Crippen LogP contribution < -0.4 is 5.73 Å². The summed E-state index contributed by atoms with van der Waals surface area (Å²) in [4.78, 5) is 15.5. The molecule has 6 nitrogen and oxygen atoms in total. The maximum absolute atomic E-state index is 11.4. The number of rotatable bonds is 4. The molecule has 0 aliphatic rings. The Bertz CT molecular complexity index is 585. The molecule has 0 fully saturated rings. The normalized spacial score (nSPS) is 12.2. The second-order valence-corrected chi connectivity index (χ2v) is 4.17. The van der Waals surface area contributed by atoms with Gasteiger partial charge in [-0.3, -0.25) is 5.10 Å². The van der Waals surface area contributed by atoms with Crippen molar-refractivity contribution in [2.24, 2.45) is 5.73 Å². The summed E-state index contributed by atoms with van der Waals surface area (Å²) in [6.45, 7) is 1.97.